The third-order valence-corrected chi connectivity index (χ3v) is 5.54. The molecule has 0 unspecified atom stereocenters. The van der Waals surface area contributed by atoms with Gasteiger partial charge in [0.25, 0.3) is 0 Å². The van der Waals surface area contributed by atoms with Crippen LogP contribution in [0.1, 0.15) is 11.1 Å². The summed E-state index contributed by atoms with van der Waals surface area (Å²) >= 11 is 1.24. The van der Waals surface area contributed by atoms with Crippen molar-refractivity contribution >= 4 is 28.6 Å². The Labute approximate surface area is 178 Å². The molecule has 1 aromatic heterocycles. The second kappa shape index (κ2) is 8.93. The van der Waals surface area contributed by atoms with Crippen LogP contribution in [0.3, 0.4) is 0 Å². The van der Waals surface area contributed by atoms with Gasteiger partial charge in [-0.1, -0.05) is 23.9 Å². The van der Waals surface area contributed by atoms with E-state index in [2.05, 4.69) is 16.4 Å². The molecule has 2 aromatic carbocycles. The van der Waals surface area contributed by atoms with Crippen LogP contribution in [0.25, 0.3) is 10.9 Å². The van der Waals surface area contributed by atoms with Crippen LogP contribution in [0, 0.1) is 11.3 Å². The number of nitriles is 1. The summed E-state index contributed by atoms with van der Waals surface area (Å²) in [5.41, 5.74) is 2.09. The Morgan fingerprint density at radius 1 is 1.20 bits per heavy atom. The van der Waals surface area contributed by atoms with Crippen molar-refractivity contribution in [1.29, 1.82) is 5.26 Å². The van der Waals surface area contributed by atoms with Gasteiger partial charge in [0.1, 0.15) is 30.1 Å². The van der Waals surface area contributed by atoms with Crippen molar-refractivity contribution in [3.05, 3.63) is 53.6 Å². The van der Waals surface area contributed by atoms with Gasteiger partial charge in [0.05, 0.1) is 23.9 Å². The largest absolute Gasteiger partial charge is 0.497 e. The molecule has 0 atom stereocenters. The van der Waals surface area contributed by atoms with Gasteiger partial charge in [0.2, 0.25) is 5.91 Å². The zero-order valence-corrected chi connectivity index (χ0v) is 17.1. The van der Waals surface area contributed by atoms with Crippen LogP contribution in [0.15, 0.2) is 47.5 Å². The lowest BCUT2D eigenvalue weighted by molar-refractivity contribution is -0.118. The van der Waals surface area contributed by atoms with E-state index >= 15 is 0 Å². The summed E-state index contributed by atoms with van der Waals surface area (Å²) in [5, 5.41) is 13.7. The molecule has 0 spiro atoms. The minimum atomic E-state index is -0.135. The van der Waals surface area contributed by atoms with Gasteiger partial charge in [-0.05, 0) is 29.8 Å². The smallest absolute Gasteiger partial charge is 0.230 e. The average molecular weight is 421 g/mol. The summed E-state index contributed by atoms with van der Waals surface area (Å²) in [4.78, 5) is 16.8. The Morgan fingerprint density at radius 3 is 2.63 bits per heavy atom. The number of carbonyl (C=O) groups is 1. The summed E-state index contributed by atoms with van der Waals surface area (Å²) in [6.07, 6.45) is 0. The van der Waals surface area contributed by atoms with Crippen LogP contribution in [0.2, 0.25) is 0 Å². The Balaban J connectivity index is 1.43. The van der Waals surface area contributed by atoms with Crippen molar-refractivity contribution < 1.29 is 19.0 Å². The predicted octanol–water partition coefficient (Wildman–Crippen LogP) is 3.29. The van der Waals surface area contributed by atoms with E-state index in [1.54, 1.807) is 19.2 Å². The van der Waals surface area contributed by atoms with Crippen LogP contribution in [0.4, 0.5) is 0 Å². The number of methoxy groups -OCH3 is 1. The molecule has 0 saturated heterocycles. The average Bonchev–Trinajstić information content (AvgIpc) is 2.79. The van der Waals surface area contributed by atoms with Crippen LogP contribution in [0.5, 0.6) is 17.2 Å². The van der Waals surface area contributed by atoms with Crippen LogP contribution in [-0.4, -0.2) is 37.0 Å². The van der Waals surface area contributed by atoms with E-state index < -0.39 is 0 Å². The number of thioether (sulfide) groups is 1. The fourth-order valence-electron chi connectivity index (χ4n) is 3.01. The monoisotopic (exact) mass is 421 g/mol. The summed E-state index contributed by atoms with van der Waals surface area (Å²) in [6, 6.07) is 15.1. The molecule has 1 aliphatic heterocycles. The lowest BCUT2D eigenvalue weighted by Crippen LogP contribution is -2.24. The maximum Gasteiger partial charge on any atom is 0.230 e. The first-order valence-electron chi connectivity index (χ1n) is 9.33. The molecule has 7 nitrogen and oxygen atoms in total. The fraction of sp³-hybridized carbons (Fsp3) is 0.227. The lowest BCUT2D eigenvalue weighted by Gasteiger charge is -2.18. The predicted molar refractivity (Wildman–Crippen MR) is 113 cm³/mol. The Hall–Kier alpha value is -3.44. The highest BCUT2D eigenvalue weighted by atomic mass is 32.2. The number of nitrogens with one attached hydrogen (secondary N) is 1. The van der Waals surface area contributed by atoms with E-state index in [4.69, 9.17) is 14.2 Å². The number of hydrogen-bond acceptors (Lipinski definition) is 7. The highest BCUT2D eigenvalue weighted by molar-refractivity contribution is 8.00. The first-order chi connectivity index (χ1) is 14.7. The molecule has 2 heterocycles. The van der Waals surface area contributed by atoms with Crippen LogP contribution in [-0.2, 0) is 11.3 Å². The molecule has 0 aliphatic carbocycles. The van der Waals surface area contributed by atoms with E-state index in [1.807, 2.05) is 30.3 Å². The Bertz CT molecular complexity index is 1130. The number of carbonyl (C=O) groups excluding carboxylic acids is 1. The van der Waals surface area contributed by atoms with Crippen molar-refractivity contribution in [2.75, 3.05) is 26.1 Å². The molecule has 3 aromatic rings. The van der Waals surface area contributed by atoms with Gasteiger partial charge in [0.15, 0.2) is 11.5 Å². The maximum absolute atomic E-state index is 12.3. The van der Waals surface area contributed by atoms with Gasteiger partial charge in [0, 0.05) is 18.0 Å². The minimum absolute atomic E-state index is 0.135. The molecule has 1 aliphatic rings. The molecule has 4 rings (SSSR count). The SMILES string of the molecule is COc1ccc(CNC(=O)CSc2nc3cc4c(cc3cc2C#N)OCCO4)cc1. The number of benzene rings is 2. The normalized spacial score (nSPS) is 12.3. The zero-order chi connectivity index (χ0) is 20.9. The third-order valence-electron chi connectivity index (χ3n) is 4.55. The number of nitrogens with zero attached hydrogens (tertiary/aromatic N) is 2. The van der Waals surface area contributed by atoms with Gasteiger partial charge in [-0.25, -0.2) is 4.98 Å². The summed E-state index contributed by atoms with van der Waals surface area (Å²) in [7, 11) is 1.61. The van der Waals surface area contributed by atoms with Gasteiger partial charge < -0.3 is 19.5 Å². The minimum Gasteiger partial charge on any atom is -0.497 e. The topological polar surface area (TPSA) is 93.5 Å². The number of aromatic nitrogens is 1. The van der Waals surface area contributed by atoms with Crippen molar-refractivity contribution in [2.24, 2.45) is 0 Å². The number of fused-ring (bicyclic) bond motifs is 2. The molecule has 0 bridgehead atoms. The van der Waals surface area contributed by atoms with Crippen molar-refractivity contribution in [1.82, 2.24) is 10.3 Å². The molecule has 30 heavy (non-hydrogen) atoms. The van der Waals surface area contributed by atoms with Gasteiger partial charge >= 0.3 is 0 Å². The molecule has 0 fully saturated rings. The molecule has 8 heteroatoms. The van der Waals surface area contributed by atoms with Crippen LogP contribution >= 0.6 is 11.8 Å². The van der Waals surface area contributed by atoms with Gasteiger partial charge in [-0.2, -0.15) is 5.26 Å². The van der Waals surface area contributed by atoms with Gasteiger partial charge in [-0.3, -0.25) is 4.79 Å². The number of rotatable bonds is 6. The highest BCUT2D eigenvalue weighted by Gasteiger charge is 2.16. The number of amides is 1. The number of ether oxygens (including phenoxy) is 3. The fourth-order valence-corrected chi connectivity index (χ4v) is 3.81. The van der Waals surface area contributed by atoms with Crippen molar-refractivity contribution in [3.8, 4) is 23.3 Å². The quantitative estimate of drug-likeness (QED) is 0.611. The molecule has 1 amide bonds. The number of hydrogen-bond donors (Lipinski definition) is 1. The van der Waals surface area contributed by atoms with E-state index in [9.17, 15) is 10.1 Å². The highest BCUT2D eigenvalue weighted by Crippen LogP contribution is 2.35. The Kier molecular flexibility index (Phi) is 5.91. The molecule has 1 N–H and O–H groups in total. The van der Waals surface area contributed by atoms with Crippen molar-refractivity contribution in [2.45, 2.75) is 11.6 Å². The first kappa shape index (κ1) is 19.9. The second-order valence-corrected chi connectivity index (χ2v) is 7.52. The lowest BCUT2D eigenvalue weighted by atomic mass is 10.1. The first-order valence-corrected chi connectivity index (χ1v) is 10.3. The van der Waals surface area contributed by atoms with Gasteiger partial charge in [-0.15, -0.1) is 0 Å². The van der Waals surface area contributed by atoms with E-state index in [1.165, 1.54) is 11.8 Å². The Morgan fingerprint density at radius 2 is 1.93 bits per heavy atom. The van der Waals surface area contributed by atoms with E-state index in [-0.39, 0.29) is 11.7 Å². The molecule has 152 valence electrons. The summed E-state index contributed by atoms with van der Waals surface area (Å²) in [5.74, 6) is 2.08. The summed E-state index contributed by atoms with van der Waals surface area (Å²) < 4.78 is 16.3. The molecule has 0 radical (unpaired) electrons. The van der Waals surface area contributed by atoms with E-state index in [0.717, 1.165) is 16.7 Å². The summed E-state index contributed by atoms with van der Waals surface area (Å²) in [6.45, 7) is 1.41. The molecule has 0 saturated carbocycles. The molecular formula is C22H19N3O4S. The van der Waals surface area contributed by atoms with E-state index in [0.29, 0.717) is 47.4 Å². The second-order valence-electron chi connectivity index (χ2n) is 6.55. The van der Waals surface area contributed by atoms with Crippen molar-refractivity contribution in [3.63, 3.8) is 0 Å². The standard InChI is InChI=1S/C22H19N3O4S/c1-27-17-4-2-14(3-5-17)12-24-21(26)13-30-22-16(11-23)8-15-9-19-20(10-18(15)25-22)29-7-6-28-19/h2-5,8-10H,6-7,12-13H2,1H3,(H,24,26). The zero-order valence-electron chi connectivity index (χ0n) is 16.3. The maximum atomic E-state index is 12.3. The molecular weight excluding hydrogens is 402 g/mol. The number of pyridine rings is 1. The third kappa shape index (κ3) is 4.42. The van der Waals surface area contributed by atoms with Crippen LogP contribution < -0.4 is 19.5 Å².